The summed E-state index contributed by atoms with van der Waals surface area (Å²) >= 11 is 0. The number of non-ortho nitro benzene ring substituents is 1. The Morgan fingerprint density at radius 2 is 1.67 bits per heavy atom. The number of allylic oxidation sites excluding steroid dienone is 1. The van der Waals surface area contributed by atoms with E-state index in [1.54, 1.807) is 50.5 Å². The number of nitro benzene ring substituents is 1. The molecular weight excluding hydrogens is 466 g/mol. The third-order valence-electron chi connectivity index (χ3n) is 7.50. The third kappa shape index (κ3) is 4.74. The molecule has 0 amide bonds. The van der Waals surface area contributed by atoms with E-state index in [1.165, 1.54) is 31.4 Å². The predicted octanol–water partition coefficient (Wildman–Crippen LogP) is 3.74. The van der Waals surface area contributed by atoms with Gasteiger partial charge in [-0.3, -0.25) is 24.7 Å². The summed E-state index contributed by atoms with van der Waals surface area (Å²) in [6, 6.07) is 7.85. The minimum Gasteiger partial charge on any atom is -0.481 e. The molecule has 2 aromatic rings. The van der Waals surface area contributed by atoms with Crippen LogP contribution < -0.4 is 5.32 Å². The number of nitrogens with one attached hydrogen (secondary N) is 1. The number of piperidine rings is 1. The van der Waals surface area contributed by atoms with E-state index in [-0.39, 0.29) is 25.1 Å². The number of carbonyl (C=O) groups is 2. The normalized spacial score (nSPS) is 28.1. The highest BCUT2D eigenvalue weighted by molar-refractivity contribution is 5.84. The van der Waals surface area contributed by atoms with E-state index in [0.717, 1.165) is 5.56 Å². The van der Waals surface area contributed by atoms with Gasteiger partial charge in [-0.15, -0.1) is 0 Å². The number of carboxylic acids is 2. The van der Waals surface area contributed by atoms with Gasteiger partial charge in [0.1, 0.15) is 0 Å². The van der Waals surface area contributed by atoms with Crippen molar-refractivity contribution in [3.05, 3.63) is 76.1 Å². The number of hydrogen-bond donors (Lipinski definition) is 3. The van der Waals surface area contributed by atoms with Crippen molar-refractivity contribution >= 4 is 23.7 Å². The van der Waals surface area contributed by atoms with Crippen molar-refractivity contribution in [1.29, 1.82) is 0 Å². The highest BCUT2D eigenvalue weighted by atomic mass is 16.6. The van der Waals surface area contributed by atoms with Gasteiger partial charge in [-0.25, -0.2) is 0 Å². The summed E-state index contributed by atoms with van der Waals surface area (Å²) in [6.07, 6.45) is 6.83. The summed E-state index contributed by atoms with van der Waals surface area (Å²) in [5, 5.41) is 35.9. The molecule has 0 spiro atoms. The van der Waals surface area contributed by atoms with Crippen LogP contribution in [-0.2, 0) is 14.3 Å². The largest absolute Gasteiger partial charge is 0.481 e. The maximum atomic E-state index is 13.2. The lowest BCUT2D eigenvalue weighted by Crippen LogP contribution is -2.69. The van der Waals surface area contributed by atoms with Crippen LogP contribution >= 0.6 is 0 Å². The fourth-order valence-corrected chi connectivity index (χ4v) is 5.62. The molecule has 1 saturated heterocycles. The molecule has 1 aromatic heterocycles. The van der Waals surface area contributed by atoms with Crippen LogP contribution in [0.2, 0.25) is 0 Å². The first kappa shape index (κ1) is 27.0. The van der Waals surface area contributed by atoms with Gasteiger partial charge < -0.3 is 20.3 Å². The molecule has 36 heavy (non-hydrogen) atoms. The number of nitro groups is 1. The molecule has 10 nitrogen and oxygen atoms in total. The Hall–Kier alpha value is -3.63. The lowest BCUT2D eigenvalue weighted by molar-refractivity contribution is -0.384. The zero-order valence-electron chi connectivity index (χ0n) is 20.5. The van der Waals surface area contributed by atoms with Crippen LogP contribution in [0.25, 0.3) is 6.08 Å². The molecule has 0 aliphatic carbocycles. The standard InChI is InChI=1S/C26H31N3O7/c1-17-25(23(30)31,12-4-5-19-10-14-27-15-11-19)22(20-6-8-21(9-7-20)29(34)35)26(24(32)33,13-16-36-3)18(2)28-17/h4-11,14-15,17-18,22,28H,12-13,16H2,1-3H3,(H,30,31)(H,32,33)/b5-4+. The average Bonchev–Trinajstić information content (AvgIpc) is 2.85. The fourth-order valence-electron chi connectivity index (χ4n) is 5.62. The number of carboxylic acid groups (broad SMARTS) is 2. The molecule has 5 unspecified atom stereocenters. The van der Waals surface area contributed by atoms with Crippen molar-refractivity contribution in [1.82, 2.24) is 10.3 Å². The fraction of sp³-hybridized carbons (Fsp3) is 0.423. The van der Waals surface area contributed by atoms with Crippen molar-refractivity contribution in [2.24, 2.45) is 10.8 Å². The molecule has 0 bridgehead atoms. The molecule has 10 heteroatoms. The van der Waals surface area contributed by atoms with Crippen LogP contribution in [-0.4, -0.2) is 57.9 Å². The zero-order chi connectivity index (χ0) is 26.5. The van der Waals surface area contributed by atoms with E-state index in [0.29, 0.717) is 5.56 Å². The number of ether oxygens (including phenoxy) is 1. The van der Waals surface area contributed by atoms with Crippen molar-refractivity contribution in [2.45, 2.75) is 44.7 Å². The van der Waals surface area contributed by atoms with E-state index >= 15 is 0 Å². The highest BCUT2D eigenvalue weighted by Crippen LogP contribution is 2.58. The molecule has 3 rings (SSSR count). The second kappa shape index (κ2) is 11.0. The van der Waals surface area contributed by atoms with Gasteiger partial charge in [-0.05, 0) is 49.9 Å². The third-order valence-corrected chi connectivity index (χ3v) is 7.50. The van der Waals surface area contributed by atoms with Gasteiger partial charge in [-0.1, -0.05) is 24.3 Å². The molecule has 3 N–H and O–H groups in total. The number of nitrogens with zero attached hydrogens (tertiary/aromatic N) is 2. The number of pyridine rings is 1. The smallest absolute Gasteiger partial charge is 0.312 e. The molecule has 1 fully saturated rings. The highest BCUT2D eigenvalue weighted by Gasteiger charge is 2.66. The van der Waals surface area contributed by atoms with Crippen molar-refractivity contribution in [2.75, 3.05) is 13.7 Å². The zero-order valence-corrected chi connectivity index (χ0v) is 20.5. The van der Waals surface area contributed by atoms with Crippen LogP contribution in [0, 0.1) is 20.9 Å². The van der Waals surface area contributed by atoms with Crippen molar-refractivity contribution in [3.63, 3.8) is 0 Å². The lowest BCUT2D eigenvalue weighted by Gasteiger charge is -2.57. The van der Waals surface area contributed by atoms with Gasteiger partial charge in [0.05, 0.1) is 15.8 Å². The molecule has 192 valence electrons. The molecule has 1 aromatic carbocycles. The molecule has 0 radical (unpaired) electrons. The summed E-state index contributed by atoms with van der Waals surface area (Å²) in [5.41, 5.74) is -2.07. The van der Waals surface area contributed by atoms with Crippen LogP contribution in [0.3, 0.4) is 0 Å². The Balaban J connectivity index is 2.26. The number of benzene rings is 1. The summed E-state index contributed by atoms with van der Waals surface area (Å²) in [6.45, 7) is 3.57. The monoisotopic (exact) mass is 497 g/mol. The van der Waals surface area contributed by atoms with E-state index in [4.69, 9.17) is 4.74 Å². The summed E-state index contributed by atoms with van der Waals surface area (Å²) < 4.78 is 5.25. The first-order valence-electron chi connectivity index (χ1n) is 11.6. The number of aliphatic carboxylic acids is 2. The van der Waals surface area contributed by atoms with E-state index in [1.807, 2.05) is 0 Å². The Morgan fingerprint density at radius 1 is 1.08 bits per heavy atom. The molecule has 0 saturated carbocycles. The summed E-state index contributed by atoms with van der Waals surface area (Å²) in [5.74, 6) is -3.33. The maximum Gasteiger partial charge on any atom is 0.312 e. The Morgan fingerprint density at radius 3 is 2.19 bits per heavy atom. The van der Waals surface area contributed by atoms with Crippen LogP contribution in [0.1, 0.15) is 43.7 Å². The Labute approximate surface area is 209 Å². The van der Waals surface area contributed by atoms with Gasteiger partial charge in [0.2, 0.25) is 0 Å². The number of methoxy groups -OCH3 is 1. The Bertz CT molecular complexity index is 1120. The summed E-state index contributed by atoms with van der Waals surface area (Å²) in [4.78, 5) is 40.9. The van der Waals surface area contributed by atoms with E-state index in [9.17, 15) is 29.9 Å². The average molecular weight is 498 g/mol. The van der Waals surface area contributed by atoms with Crippen LogP contribution in [0.15, 0.2) is 54.9 Å². The van der Waals surface area contributed by atoms with Gasteiger partial charge in [0, 0.05) is 56.2 Å². The van der Waals surface area contributed by atoms with Gasteiger partial charge in [0.25, 0.3) is 5.69 Å². The molecular formula is C26H31N3O7. The summed E-state index contributed by atoms with van der Waals surface area (Å²) in [7, 11) is 1.46. The SMILES string of the molecule is COCCC1(C(=O)O)C(C)NC(C)C(C/C=C/c2ccncc2)(C(=O)O)C1c1ccc([N+](=O)[O-])cc1. The van der Waals surface area contributed by atoms with Crippen molar-refractivity contribution in [3.8, 4) is 0 Å². The minimum atomic E-state index is -1.59. The molecule has 2 heterocycles. The van der Waals surface area contributed by atoms with Gasteiger partial charge >= 0.3 is 11.9 Å². The van der Waals surface area contributed by atoms with E-state index < -0.39 is 45.7 Å². The lowest BCUT2D eigenvalue weighted by atomic mass is 9.50. The minimum absolute atomic E-state index is 0.0230. The number of rotatable bonds is 10. The topological polar surface area (TPSA) is 152 Å². The predicted molar refractivity (Wildman–Crippen MR) is 132 cm³/mol. The number of aromatic nitrogens is 1. The van der Waals surface area contributed by atoms with Crippen molar-refractivity contribution < 1.29 is 29.5 Å². The van der Waals surface area contributed by atoms with Crippen LogP contribution in [0.5, 0.6) is 0 Å². The quantitative estimate of drug-likeness (QED) is 0.329. The van der Waals surface area contributed by atoms with Crippen LogP contribution in [0.4, 0.5) is 5.69 Å². The molecule has 1 aliphatic heterocycles. The maximum absolute atomic E-state index is 13.2. The second-order valence-electron chi connectivity index (χ2n) is 9.21. The Kier molecular flexibility index (Phi) is 8.21. The second-order valence-corrected chi connectivity index (χ2v) is 9.21. The number of hydrogen-bond acceptors (Lipinski definition) is 7. The molecule has 5 atom stereocenters. The van der Waals surface area contributed by atoms with Gasteiger partial charge in [0.15, 0.2) is 0 Å². The van der Waals surface area contributed by atoms with E-state index in [2.05, 4.69) is 10.3 Å². The van der Waals surface area contributed by atoms with Gasteiger partial charge in [-0.2, -0.15) is 0 Å². The first-order valence-corrected chi connectivity index (χ1v) is 11.6. The molecule has 1 aliphatic rings. The first-order chi connectivity index (χ1) is 17.1.